The van der Waals surface area contributed by atoms with Gasteiger partial charge in [-0.25, -0.2) is 4.98 Å². The fourth-order valence-corrected chi connectivity index (χ4v) is 3.97. The fourth-order valence-electron chi connectivity index (χ4n) is 2.65. The van der Waals surface area contributed by atoms with Crippen LogP contribution in [0.3, 0.4) is 0 Å². The number of benzene rings is 2. The SMILES string of the molecule is O=c1c2cc(-c3ccccc3)sc2ncn1Cc1ccc(Cl)c(Cl)c1. The van der Waals surface area contributed by atoms with Gasteiger partial charge in [0.05, 0.1) is 28.3 Å². The zero-order valence-electron chi connectivity index (χ0n) is 12.9. The molecule has 0 saturated carbocycles. The lowest BCUT2D eigenvalue weighted by atomic mass is 10.2. The predicted molar refractivity (Wildman–Crippen MR) is 105 cm³/mol. The molecule has 2 aromatic heterocycles. The van der Waals surface area contributed by atoms with E-state index in [9.17, 15) is 4.79 Å². The molecule has 2 aromatic carbocycles. The smallest absolute Gasteiger partial charge is 0.262 e. The van der Waals surface area contributed by atoms with Crippen molar-refractivity contribution in [2.45, 2.75) is 6.54 Å². The second-order valence-corrected chi connectivity index (χ2v) is 7.47. The zero-order valence-corrected chi connectivity index (χ0v) is 15.3. The van der Waals surface area contributed by atoms with E-state index in [-0.39, 0.29) is 5.56 Å². The van der Waals surface area contributed by atoms with Crippen LogP contribution >= 0.6 is 34.5 Å². The molecule has 0 radical (unpaired) electrons. The molecule has 2 heterocycles. The van der Waals surface area contributed by atoms with Gasteiger partial charge in [0.25, 0.3) is 5.56 Å². The molecule has 0 bridgehead atoms. The summed E-state index contributed by atoms with van der Waals surface area (Å²) in [4.78, 5) is 19.0. The number of aromatic nitrogens is 2. The van der Waals surface area contributed by atoms with Crippen LogP contribution in [-0.4, -0.2) is 9.55 Å². The Labute approximate surface area is 158 Å². The number of fused-ring (bicyclic) bond motifs is 1. The molecule has 4 aromatic rings. The summed E-state index contributed by atoms with van der Waals surface area (Å²) < 4.78 is 1.59. The zero-order chi connectivity index (χ0) is 17.4. The highest BCUT2D eigenvalue weighted by molar-refractivity contribution is 7.21. The van der Waals surface area contributed by atoms with Gasteiger partial charge < -0.3 is 0 Å². The van der Waals surface area contributed by atoms with Crippen LogP contribution in [0.5, 0.6) is 0 Å². The highest BCUT2D eigenvalue weighted by atomic mass is 35.5. The Bertz CT molecular complexity index is 1120. The molecule has 4 rings (SSSR count). The lowest BCUT2D eigenvalue weighted by Gasteiger charge is -2.06. The van der Waals surface area contributed by atoms with Crippen molar-refractivity contribution >= 4 is 44.8 Å². The van der Waals surface area contributed by atoms with E-state index < -0.39 is 0 Å². The number of hydrogen-bond donors (Lipinski definition) is 0. The Kier molecular flexibility index (Phi) is 4.34. The van der Waals surface area contributed by atoms with Gasteiger partial charge in [-0.3, -0.25) is 9.36 Å². The minimum Gasteiger partial charge on any atom is -0.294 e. The molecule has 0 aliphatic rings. The molecule has 0 atom stereocenters. The van der Waals surface area contributed by atoms with Crippen molar-refractivity contribution in [2.75, 3.05) is 0 Å². The van der Waals surface area contributed by atoms with Gasteiger partial charge in [-0.2, -0.15) is 0 Å². The van der Waals surface area contributed by atoms with E-state index in [1.54, 1.807) is 23.0 Å². The van der Waals surface area contributed by atoms with Crippen LogP contribution in [0, 0.1) is 0 Å². The highest BCUT2D eigenvalue weighted by Gasteiger charge is 2.11. The normalized spacial score (nSPS) is 11.1. The minimum absolute atomic E-state index is 0.0606. The Morgan fingerprint density at radius 1 is 1.00 bits per heavy atom. The van der Waals surface area contributed by atoms with E-state index in [0.29, 0.717) is 22.0 Å². The van der Waals surface area contributed by atoms with E-state index in [1.165, 1.54) is 11.3 Å². The summed E-state index contributed by atoms with van der Waals surface area (Å²) in [6.07, 6.45) is 1.58. The summed E-state index contributed by atoms with van der Waals surface area (Å²) in [5.74, 6) is 0. The first-order valence-corrected chi connectivity index (χ1v) is 9.17. The van der Waals surface area contributed by atoms with Crippen molar-refractivity contribution in [1.29, 1.82) is 0 Å². The standard InChI is InChI=1S/C19H12Cl2N2OS/c20-15-7-6-12(8-16(15)21)10-23-11-22-18-14(19(23)24)9-17(25-18)13-4-2-1-3-5-13/h1-9,11H,10H2. The van der Waals surface area contributed by atoms with Crippen molar-refractivity contribution in [2.24, 2.45) is 0 Å². The average Bonchev–Trinajstić information content (AvgIpc) is 3.06. The van der Waals surface area contributed by atoms with E-state index >= 15 is 0 Å². The van der Waals surface area contributed by atoms with Crippen LogP contribution in [0.15, 0.2) is 65.7 Å². The summed E-state index contributed by atoms with van der Waals surface area (Å²) in [5.41, 5.74) is 1.92. The summed E-state index contributed by atoms with van der Waals surface area (Å²) in [6, 6.07) is 17.3. The number of halogens is 2. The first-order chi connectivity index (χ1) is 12.1. The lowest BCUT2D eigenvalue weighted by Crippen LogP contribution is -2.20. The third-order valence-corrected chi connectivity index (χ3v) is 5.74. The summed E-state index contributed by atoms with van der Waals surface area (Å²) in [5, 5.41) is 1.60. The molecule has 0 N–H and O–H groups in total. The molecule has 0 aliphatic heterocycles. The Morgan fingerprint density at radius 3 is 2.56 bits per heavy atom. The van der Waals surface area contributed by atoms with Gasteiger partial charge in [0.1, 0.15) is 4.83 Å². The quantitative estimate of drug-likeness (QED) is 0.467. The Balaban J connectivity index is 1.75. The monoisotopic (exact) mass is 386 g/mol. The molecule has 124 valence electrons. The van der Waals surface area contributed by atoms with Crippen LogP contribution in [-0.2, 0) is 6.54 Å². The van der Waals surface area contributed by atoms with Crippen LogP contribution in [0.25, 0.3) is 20.7 Å². The van der Waals surface area contributed by atoms with Gasteiger partial charge in [-0.15, -0.1) is 11.3 Å². The van der Waals surface area contributed by atoms with Gasteiger partial charge in [0, 0.05) is 4.88 Å². The number of rotatable bonds is 3. The maximum atomic E-state index is 12.8. The molecule has 0 aliphatic carbocycles. The third kappa shape index (κ3) is 3.21. The first kappa shape index (κ1) is 16.3. The van der Waals surface area contributed by atoms with E-state index in [2.05, 4.69) is 4.98 Å². The number of nitrogens with zero attached hydrogens (tertiary/aromatic N) is 2. The van der Waals surface area contributed by atoms with Gasteiger partial charge in [0.15, 0.2) is 0 Å². The van der Waals surface area contributed by atoms with Gasteiger partial charge in [-0.05, 0) is 29.3 Å². The summed E-state index contributed by atoms with van der Waals surface area (Å²) in [7, 11) is 0. The molecule has 0 unspecified atom stereocenters. The molecule has 0 amide bonds. The largest absolute Gasteiger partial charge is 0.294 e. The molecule has 25 heavy (non-hydrogen) atoms. The minimum atomic E-state index is -0.0606. The van der Waals surface area contributed by atoms with Crippen LogP contribution in [0.2, 0.25) is 10.0 Å². The van der Waals surface area contributed by atoms with Crippen LogP contribution < -0.4 is 5.56 Å². The van der Waals surface area contributed by atoms with Crippen LogP contribution in [0.4, 0.5) is 0 Å². The van der Waals surface area contributed by atoms with Gasteiger partial charge in [-0.1, -0.05) is 59.6 Å². The molecular weight excluding hydrogens is 375 g/mol. The lowest BCUT2D eigenvalue weighted by molar-refractivity contribution is 0.749. The molecule has 0 fully saturated rings. The van der Waals surface area contributed by atoms with Crippen molar-refractivity contribution in [3.8, 4) is 10.4 Å². The molecule has 3 nitrogen and oxygen atoms in total. The van der Waals surface area contributed by atoms with Crippen molar-refractivity contribution in [1.82, 2.24) is 9.55 Å². The number of thiophene rings is 1. The topological polar surface area (TPSA) is 34.9 Å². The second kappa shape index (κ2) is 6.64. The second-order valence-electron chi connectivity index (χ2n) is 5.62. The van der Waals surface area contributed by atoms with Crippen LogP contribution in [0.1, 0.15) is 5.56 Å². The average molecular weight is 387 g/mol. The molecule has 0 spiro atoms. The first-order valence-electron chi connectivity index (χ1n) is 7.60. The van der Waals surface area contributed by atoms with E-state index in [4.69, 9.17) is 23.2 Å². The summed E-state index contributed by atoms with van der Waals surface area (Å²) >= 11 is 13.5. The fraction of sp³-hybridized carbons (Fsp3) is 0.0526. The summed E-state index contributed by atoms with van der Waals surface area (Å²) in [6.45, 7) is 0.398. The van der Waals surface area contributed by atoms with Gasteiger partial charge >= 0.3 is 0 Å². The van der Waals surface area contributed by atoms with Gasteiger partial charge in [0.2, 0.25) is 0 Å². The molecular formula is C19H12Cl2N2OS. The molecule has 0 saturated heterocycles. The number of hydrogen-bond acceptors (Lipinski definition) is 3. The maximum Gasteiger partial charge on any atom is 0.262 e. The third-order valence-electron chi connectivity index (χ3n) is 3.91. The van der Waals surface area contributed by atoms with Crippen molar-refractivity contribution in [3.05, 3.63) is 86.9 Å². The van der Waals surface area contributed by atoms with E-state index in [0.717, 1.165) is 20.8 Å². The Morgan fingerprint density at radius 2 is 1.80 bits per heavy atom. The van der Waals surface area contributed by atoms with E-state index in [1.807, 2.05) is 42.5 Å². The van der Waals surface area contributed by atoms with Crippen molar-refractivity contribution < 1.29 is 0 Å². The Hall–Kier alpha value is -2.14. The molecule has 6 heteroatoms. The predicted octanol–water partition coefficient (Wildman–Crippen LogP) is 5.48. The highest BCUT2D eigenvalue weighted by Crippen LogP contribution is 2.30. The maximum absolute atomic E-state index is 12.8. The van der Waals surface area contributed by atoms with Crippen molar-refractivity contribution in [3.63, 3.8) is 0 Å².